The Balaban J connectivity index is 2.27. The minimum Gasteiger partial charge on any atom is -0.465 e. The lowest BCUT2D eigenvalue weighted by Crippen LogP contribution is -2.00. The van der Waals surface area contributed by atoms with Gasteiger partial charge in [-0.05, 0) is 46.4 Å². The fraction of sp³-hybridized carbons (Fsp3) is 0.118. The van der Waals surface area contributed by atoms with E-state index in [-0.39, 0.29) is 5.97 Å². The first-order valence-electron chi connectivity index (χ1n) is 6.55. The highest BCUT2D eigenvalue weighted by atomic mass is 127. The number of aryl methyl sites for hydroxylation is 1. The van der Waals surface area contributed by atoms with E-state index >= 15 is 0 Å². The van der Waals surface area contributed by atoms with Crippen molar-refractivity contribution in [3.05, 3.63) is 57.7 Å². The summed E-state index contributed by atoms with van der Waals surface area (Å²) in [6.07, 6.45) is 0. The summed E-state index contributed by atoms with van der Waals surface area (Å²) >= 11 is 2.34. The van der Waals surface area contributed by atoms with E-state index in [0.717, 1.165) is 20.2 Å². The minimum absolute atomic E-state index is 0.308. The number of fused-ring (bicyclic) bond motifs is 1. The normalized spacial score (nSPS) is 10.8. The number of halogens is 1. The molecule has 3 aromatic rings. The van der Waals surface area contributed by atoms with Crippen molar-refractivity contribution in [2.24, 2.45) is 7.05 Å². The van der Waals surface area contributed by atoms with Gasteiger partial charge in [-0.2, -0.15) is 0 Å². The second-order valence-corrected chi connectivity index (χ2v) is 5.89. The van der Waals surface area contributed by atoms with Gasteiger partial charge in [-0.15, -0.1) is 0 Å². The van der Waals surface area contributed by atoms with Crippen molar-refractivity contribution in [3.8, 4) is 11.3 Å². The molecule has 0 spiro atoms. The Labute approximate surface area is 136 Å². The smallest absolute Gasteiger partial charge is 0.337 e. The second-order valence-electron chi connectivity index (χ2n) is 4.81. The van der Waals surface area contributed by atoms with Crippen molar-refractivity contribution in [1.29, 1.82) is 0 Å². The molecule has 0 N–H and O–H groups in total. The summed E-state index contributed by atoms with van der Waals surface area (Å²) in [5, 5.41) is 1.07. The third-order valence-electron chi connectivity index (χ3n) is 3.61. The lowest BCUT2D eigenvalue weighted by atomic mass is 10.1. The van der Waals surface area contributed by atoms with Gasteiger partial charge in [0.1, 0.15) is 0 Å². The maximum Gasteiger partial charge on any atom is 0.337 e. The zero-order valence-electron chi connectivity index (χ0n) is 11.8. The van der Waals surface area contributed by atoms with Crippen LogP contribution in [0.5, 0.6) is 0 Å². The fourth-order valence-corrected chi connectivity index (χ4v) is 3.67. The zero-order valence-corrected chi connectivity index (χ0v) is 13.9. The Kier molecular flexibility index (Phi) is 3.71. The van der Waals surface area contributed by atoms with Gasteiger partial charge in [0.05, 0.1) is 18.4 Å². The molecular formula is C17H14INO2. The van der Waals surface area contributed by atoms with Crippen LogP contribution in [0.15, 0.2) is 48.5 Å². The van der Waals surface area contributed by atoms with Gasteiger partial charge in [0.2, 0.25) is 0 Å². The molecule has 0 unspecified atom stereocenters. The molecule has 106 valence electrons. The molecule has 0 aliphatic heterocycles. The maximum atomic E-state index is 11.7. The summed E-state index contributed by atoms with van der Waals surface area (Å²) in [5.74, 6) is -0.308. The van der Waals surface area contributed by atoms with Crippen LogP contribution in [-0.2, 0) is 11.8 Å². The Morgan fingerprint density at radius 2 is 1.86 bits per heavy atom. The maximum absolute atomic E-state index is 11.7. The SMILES string of the molecule is COC(=O)c1ccc2c(c1)c(I)c(-c1ccccc1)n2C. The third kappa shape index (κ3) is 2.33. The molecule has 0 saturated carbocycles. The van der Waals surface area contributed by atoms with E-state index in [1.54, 1.807) is 6.07 Å². The molecule has 3 rings (SSSR count). The van der Waals surface area contributed by atoms with E-state index in [4.69, 9.17) is 4.74 Å². The molecule has 0 radical (unpaired) electrons. The quantitative estimate of drug-likeness (QED) is 0.484. The van der Waals surface area contributed by atoms with Crippen LogP contribution in [0.4, 0.5) is 0 Å². The first-order valence-corrected chi connectivity index (χ1v) is 7.63. The third-order valence-corrected chi connectivity index (χ3v) is 4.70. The zero-order chi connectivity index (χ0) is 15.0. The van der Waals surface area contributed by atoms with Crippen LogP contribution in [0.3, 0.4) is 0 Å². The first-order chi connectivity index (χ1) is 10.1. The van der Waals surface area contributed by atoms with Crippen molar-refractivity contribution < 1.29 is 9.53 Å². The highest BCUT2D eigenvalue weighted by molar-refractivity contribution is 14.1. The monoisotopic (exact) mass is 391 g/mol. The molecular weight excluding hydrogens is 377 g/mol. The molecule has 1 heterocycles. The molecule has 0 aliphatic rings. The van der Waals surface area contributed by atoms with E-state index < -0.39 is 0 Å². The number of esters is 1. The topological polar surface area (TPSA) is 31.2 Å². The molecule has 4 heteroatoms. The van der Waals surface area contributed by atoms with Crippen molar-refractivity contribution >= 4 is 39.5 Å². The Hall–Kier alpha value is -1.82. The van der Waals surface area contributed by atoms with Gasteiger partial charge in [0.15, 0.2) is 0 Å². The summed E-state index contributed by atoms with van der Waals surface area (Å²) in [6, 6.07) is 15.9. The second kappa shape index (κ2) is 5.52. The summed E-state index contributed by atoms with van der Waals surface area (Å²) in [6.45, 7) is 0. The molecule has 0 aliphatic carbocycles. The van der Waals surface area contributed by atoms with Crippen LogP contribution >= 0.6 is 22.6 Å². The van der Waals surface area contributed by atoms with Crippen molar-refractivity contribution in [3.63, 3.8) is 0 Å². The molecule has 0 bridgehead atoms. The van der Waals surface area contributed by atoms with Crippen molar-refractivity contribution in [2.75, 3.05) is 7.11 Å². The summed E-state index contributed by atoms with van der Waals surface area (Å²) in [7, 11) is 3.45. The van der Waals surface area contributed by atoms with Gasteiger partial charge in [-0.3, -0.25) is 0 Å². The van der Waals surface area contributed by atoms with Gasteiger partial charge in [-0.1, -0.05) is 30.3 Å². The van der Waals surface area contributed by atoms with Crippen LogP contribution in [0.2, 0.25) is 0 Å². The number of aromatic nitrogens is 1. The van der Waals surface area contributed by atoms with Crippen LogP contribution < -0.4 is 0 Å². The van der Waals surface area contributed by atoms with E-state index in [2.05, 4.69) is 39.3 Å². The average molecular weight is 391 g/mol. The van der Waals surface area contributed by atoms with E-state index in [9.17, 15) is 4.79 Å². The van der Waals surface area contributed by atoms with Gasteiger partial charge < -0.3 is 9.30 Å². The standard InChI is InChI=1S/C17H14INO2/c1-19-14-9-8-12(17(20)21-2)10-13(14)15(18)16(19)11-6-4-3-5-7-11/h3-10H,1-2H3. The highest BCUT2D eigenvalue weighted by Gasteiger charge is 2.16. The molecule has 0 fully saturated rings. The van der Waals surface area contributed by atoms with E-state index in [1.165, 1.54) is 12.7 Å². The first kappa shape index (κ1) is 14.1. The lowest BCUT2D eigenvalue weighted by molar-refractivity contribution is 0.0601. The number of nitrogens with zero attached hydrogens (tertiary/aromatic N) is 1. The number of rotatable bonds is 2. The van der Waals surface area contributed by atoms with Gasteiger partial charge >= 0.3 is 5.97 Å². The van der Waals surface area contributed by atoms with Gasteiger partial charge in [-0.25, -0.2) is 4.79 Å². The Bertz CT molecular complexity index is 822. The number of hydrogen-bond donors (Lipinski definition) is 0. The van der Waals surface area contributed by atoms with Gasteiger partial charge in [0, 0.05) is 21.5 Å². The Morgan fingerprint density at radius 3 is 2.52 bits per heavy atom. The largest absolute Gasteiger partial charge is 0.465 e. The molecule has 3 nitrogen and oxygen atoms in total. The van der Waals surface area contributed by atoms with Crippen molar-refractivity contribution in [2.45, 2.75) is 0 Å². The molecule has 2 aromatic carbocycles. The highest BCUT2D eigenvalue weighted by Crippen LogP contribution is 2.34. The van der Waals surface area contributed by atoms with E-state index in [0.29, 0.717) is 5.56 Å². The molecule has 21 heavy (non-hydrogen) atoms. The predicted molar refractivity (Wildman–Crippen MR) is 92.4 cm³/mol. The van der Waals surface area contributed by atoms with Crippen LogP contribution in [0, 0.1) is 3.57 Å². The molecule has 0 atom stereocenters. The number of carbonyl (C=O) groups is 1. The van der Waals surface area contributed by atoms with Gasteiger partial charge in [0.25, 0.3) is 0 Å². The number of hydrogen-bond acceptors (Lipinski definition) is 2. The summed E-state index contributed by atoms with van der Waals surface area (Å²) in [4.78, 5) is 11.7. The number of carbonyl (C=O) groups excluding carboxylic acids is 1. The van der Waals surface area contributed by atoms with Crippen LogP contribution in [0.1, 0.15) is 10.4 Å². The molecule has 1 aromatic heterocycles. The summed E-state index contributed by atoms with van der Waals surface area (Å²) < 4.78 is 8.10. The average Bonchev–Trinajstić information content (AvgIpc) is 2.78. The number of methoxy groups -OCH3 is 1. The van der Waals surface area contributed by atoms with E-state index in [1.807, 2.05) is 37.4 Å². The fourth-order valence-electron chi connectivity index (χ4n) is 2.56. The minimum atomic E-state index is -0.308. The van der Waals surface area contributed by atoms with Crippen LogP contribution in [-0.4, -0.2) is 17.6 Å². The van der Waals surface area contributed by atoms with Crippen LogP contribution in [0.25, 0.3) is 22.2 Å². The number of benzene rings is 2. The number of ether oxygens (including phenoxy) is 1. The molecule has 0 saturated heterocycles. The predicted octanol–water partition coefficient (Wildman–Crippen LogP) is 4.24. The lowest BCUT2D eigenvalue weighted by Gasteiger charge is -2.05. The molecule has 0 amide bonds. The summed E-state index contributed by atoms with van der Waals surface area (Å²) in [5.41, 5.74) is 4.01. The Morgan fingerprint density at radius 1 is 1.14 bits per heavy atom. The van der Waals surface area contributed by atoms with Crippen molar-refractivity contribution in [1.82, 2.24) is 4.57 Å².